The molecule has 0 aromatic carbocycles. The highest BCUT2D eigenvalue weighted by Crippen LogP contribution is 2.26. The van der Waals surface area contributed by atoms with Gasteiger partial charge in [-0.3, -0.25) is 0 Å². The molecule has 0 aromatic rings. The smallest absolute Gasteiger partial charge is 0.326 e. The number of aliphatic carboxylic acids is 1. The standard InChI is InChI=1S/C11H20N2O5/c1-18-7-4-9(10(15)16)12-11(17)13(5-6-14)8-2-3-8/h8-9,14H,2-7H2,1H3,(H,12,17)(H,15,16). The molecule has 0 bridgehead atoms. The Morgan fingerprint density at radius 2 is 2.17 bits per heavy atom. The fraction of sp³-hybridized carbons (Fsp3) is 0.818. The van der Waals surface area contributed by atoms with E-state index in [1.807, 2.05) is 0 Å². The third-order valence-electron chi connectivity index (χ3n) is 2.80. The number of nitrogens with zero attached hydrogens (tertiary/aromatic N) is 1. The lowest BCUT2D eigenvalue weighted by molar-refractivity contribution is -0.139. The van der Waals surface area contributed by atoms with Crippen molar-refractivity contribution in [3.8, 4) is 0 Å². The Bertz CT molecular complexity index is 293. The molecule has 0 aromatic heterocycles. The Morgan fingerprint density at radius 3 is 2.61 bits per heavy atom. The highest BCUT2D eigenvalue weighted by Gasteiger charge is 2.33. The molecule has 1 aliphatic rings. The van der Waals surface area contributed by atoms with Crippen LogP contribution in [0.1, 0.15) is 19.3 Å². The number of carbonyl (C=O) groups is 2. The predicted octanol–water partition coefficient (Wildman–Crippen LogP) is -0.358. The van der Waals surface area contributed by atoms with Crippen molar-refractivity contribution in [2.24, 2.45) is 0 Å². The fourth-order valence-electron chi connectivity index (χ4n) is 1.67. The first kappa shape index (κ1) is 14.7. The number of urea groups is 1. The van der Waals surface area contributed by atoms with Gasteiger partial charge in [0.25, 0.3) is 0 Å². The van der Waals surface area contributed by atoms with Gasteiger partial charge in [-0.2, -0.15) is 0 Å². The molecule has 7 nitrogen and oxygen atoms in total. The van der Waals surface area contributed by atoms with Crippen molar-refractivity contribution >= 4 is 12.0 Å². The normalized spacial score (nSPS) is 16.1. The Labute approximate surface area is 106 Å². The third kappa shape index (κ3) is 4.50. The van der Waals surface area contributed by atoms with E-state index in [4.69, 9.17) is 14.9 Å². The summed E-state index contributed by atoms with van der Waals surface area (Å²) in [5, 5.41) is 20.3. The van der Waals surface area contributed by atoms with Gasteiger partial charge in [0.15, 0.2) is 0 Å². The van der Waals surface area contributed by atoms with Crippen LogP contribution < -0.4 is 5.32 Å². The monoisotopic (exact) mass is 260 g/mol. The fourth-order valence-corrected chi connectivity index (χ4v) is 1.67. The summed E-state index contributed by atoms with van der Waals surface area (Å²) in [6, 6.07) is -1.26. The second-order valence-electron chi connectivity index (χ2n) is 4.27. The lowest BCUT2D eigenvalue weighted by Gasteiger charge is -2.24. The van der Waals surface area contributed by atoms with Crippen LogP contribution in [0.25, 0.3) is 0 Å². The number of carbonyl (C=O) groups excluding carboxylic acids is 1. The minimum absolute atomic E-state index is 0.125. The summed E-state index contributed by atoms with van der Waals surface area (Å²) < 4.78 is 4.80. The van der Waals surface area contributed by atoms with E-state index in [1.165, 1.54) is 12.0 Å². The number of carboxylic acid groups (broad SMARTS) is 1. The van der Waals surface area contributed by atoms with Gasteiger partial charge in [-0.25, -0.2) is 9.59 Å². The van der Waals surface area contributed by atoms with Crippen molar-refractivity contribution in [3.63, 3.8) is 0 Å². The summed E-state index contributed by atoms with van der Waals surface area (Å²) in [4.78, 5) is 24.3. The molecule has 0 saturated heterocycles. The van der Waals surface area contributed by atoms with Gasteiger partial charge in [0.05, 0.1) is 6.61 Å². The van der Waals surface area contributed by atoms with Crippen LogP contribution in [0.2, 0.25) is 0 Å². The summed E-state index contributed by atoms with van der Waals surface area (Å²) in [7, 11) is 1.48. The highest BCUT2D eigenvalue weighted by atomic mass is 16.5. The largest absolute Gasteiger partial charge is 0.480 e. The van der Waals surface area contributed by atoms with Crippen LogP contribution in [0.5, 0.6) is 0 Å². The zero-order valence-corrected chi connectivity index (χ0v) is 10.5. The molecule has 1 fully saturated rings. The zero-order valence-electron chi connectivity index (χ0n) is 10.5. The van der Waals surface area contributed by atoms with Gasteiger partial charge in [0, 0.05) is 32.7 Å². The van der Waals surface area contributed by atoms with E-state index in [0.29, 0.717) is 0 Å². The summed E-state index contributed by atoms with van der Waals surface area (Å²) in [6.07, 6.45) is 2.03. The van der Waals surface area contributed by atoms with Crippen molar-refractivity contribution in [1.29, 1.82) is 0 Å². The lowest BCUT2D eigenvalue weighted by Crippen LogP contribution is -2.49. The van der Waals surface area contributed by atoms with E-state index < -0.39 is 18.0 Å². The number of hydrogen-bond acceptors (Lipinski definition) is 4. The van der Waals surface area contributed by atoms with Gasteiger partial charge in [-0.15, -0.1) is 0 Å². The molecule has 0 aliphatic heterocycles. The Balaban J connectivity index is 2.49. The van der Waals surface area contributed by atoms with Gasteiger partial charge in [-0.05, 0) is 12.8 Å². The number of hydrogen-bond donors (Lipinski definition) is 3. The SMILES string of the molecule is COCCC(NC(=O)N(CCO)C1CC1)C(=O)O. The Kier molecular flexibility index (Phi) is 5.87. The number of methoxy groups -OCH3 is 1. The lowest BCUT2D eigenvalue weighted by atomic mass is 10.2. The van der Waals surface area contributed by atoms with E-state index in [-0.39, 0.29) is 32.2 Å². The van der Waals surface area contributed by atoms with E-state index in [2.05, 4.69) is 5.32 Å². The van der Waals surface area contributed by atoms with Gasteiger partial charge < -0.3 is 25.2 Å². The molecule has 1 unspecified atom stereocenters. The maximum Gasteiger partial charge on any atom is 0.326 e. The third-order valence-corrected chi connectivity index (χ3v) is 2.80. The first-order valence-electron chi connectivity index (χ1n) is 6.00. The van der Waals surface area contributed by atoms with Crippen LogP contribution in [0.15, 0.2) is 0 Å². The molecule has 2 amide bonds. The molecule has 18 heavy (non-hydrogen) atoms. The van der Waals surface area contributed by atoms with E-state index in [9.17, 15) is 9.59 Å². The molecule has 0 heterocycles. The van der Waals surface area contributed by atoms with Crippen LogP contribution in [0.3, 0.4) is 0 Å². The van der Waals surface area contributed by atoms with Gasteiger partial charge in [-0.1, -0.05) is 0 Å². The van der Waals surface area contributed by atoms with Crippen LogP contribution in [0, 0.1) is 0 Å². The number of rotatable bonds is 8. The molecule has 0 radical (unpaired) electrons. The number of carboxylic acids is 1. The number of ether oxygens (including phenoxy) is 1. The summed E-state index contributed by atoms with van der Waals surface area (Å²) >= 11 is 0. The molecule has 1 aliphatic carbocycles. The molecule has 1 rings (SSSR count). The van der Waals surface area contributed by atoms with Crippen molar-refractivity contribution in [1.82, 2.24) is 10.2 Å². The van der Waals surface area contributed by atoms with Gasteiger partial charge in [0.2, 0.25) is 0 Å². The minimum atomic E-state index is -1.08. The second-order valence-corrected chi connectivity index (χ2v) is 4.27. The molecule has 104 valence electrons. The molecule has 0 spiro atoms. The zero-order chi connectivity index (χ0) is 13.5. The van der Waals surface area contributed by atoms with Crippen LogP contribution >= 0.6 is 0 Å². The van der Waals surface area contributed by atoms with Crippen molar-refractivity contribution in [2.75, 3.05) is 26.9 Å². The minimum Gasteiger partial charge on any atom is -0.480 e. The Morgan fingerprint density at radius 1 is 1.50 bits per heavy atom. The summed E-state index contributed by atoms with van der Waals surface area (Å²) in [6.45, 7) is 0.369. The molecule has 3 N–H and O–H groups in total. The topological polar surface area (TPSA) is 99.1 Å². The first-order valence-corrected chi connectivity index (χ1v) is 6.00. The average molecular weight is 260 g/mol. The predicted molar refractivity (Wildman–Crippen MR) is 63.3 cm³/mol. The Hall–Kier alpha value is -1.34. The number of nitrogens with one attached hydrogen (secondary N) is 1. The quantitative estimate of drug-likeness (QED) is 0.553. The van der Waals surface area contributed by atoms with E-state index in [0.717, 1.165) is 12.8 Å². The number of amides is 2. The van der Waals surface area contributed by atoms with Crippen molar-refractivity contribution < 1.29 is 24.5 Å². The first-order chi connectivity index (χ1) is 8.60. The van der Waals surface area contributed by atoms with Gasteiger partial charge in [0.1, 0.15) is 6.04 Å². The van der Waals surface area contributed by atoms with Crippen LogP contribution in [-0.2, 0) is 9.53 Å². The summed E-state index contributed by atoms with van der Waals surface area (Å²) in [5.74, 6) is -1.08. The summed E-state index contributed by atoms with van der Waals surface area (Å²) in [5.41, 5.74) is 0. The molecular weight excluding hydrogens is 240 g/mol. The van der Waals surface area contributed by atoms with Crippen LogP contribution in [-0.4, -0.2) is 66.1 Å². The van der Waals surface area contributed by atoms with Crippen LogP contribution in [0.4, 0.5) is 4.79 Å². The maximum absolute atomic E-state index is 11.9. The van der Waals surface area contributed by atoms with E-state index in [1.54, 1.807) is 0 Å². The molecule has 7 heteroatoms. The number of aliphatic hydroxyl groups is 1. The van der Waals surface area contributed by atoms with E-state index >= 15 is 0 Å². The van der Waals surface area contributed by atoms with Gasteiger partial charge >= 0.3 is 12.0 Å². The second kappa shape index (κ2) is 7.17. The molecular formula is C11H20N2O5. The van der Waals surface area contributed by atoms with Crippen molar-refractivity contribution in [3.05, 3.63) is 0 Å². The highest BCUT2D eigenvalue weighted by molar-refractivity contribution is 5.82. The molecule has 1 atom stereocenters. The molecule has 1 saturated carbocycles. The van der Waals surface area contributed by atoms with Crippen molar-refractivity contribution in [2.45, 2.75) is 31.3 Å². The number of aliphatic hydroxyl groups excluding tert-OH is 1. The average Bonchev–Trinajstić information content (AvgIpc) is 3.14. The maximum atomic E-state index is 11.9.